The second-order valence-electron chi connectivity index (χ2n) is 6.94. The molecular formula is C19H20N4O2. The highest BCUT2D eigenvalue weighted by molar-refractivity contribution is 5.49. The van der Waals surface area contributed by atoms with Gasteiger partial charge in [-0.25, -0.2) is 0 Å². The summed E-state index contributed by atoms with van der Waals surface area (Å²) in [6.45, 7) is 0.976. The second-order valence-corrected chi connectivity index (χ2v) is 6.94. The van der Waals surface area contributed by atoms with Crippen LogP contribution < -0.4 is 4.74 Å². The Bertz CT molecular complexity index is 902. The average Bonchev–Trinajstić information content (AvgIpc) is 3.29. The zero-order valence-electron chi connectivity index (χ0n) is 14.2. The van der Waals surface area contributed by atoms with Crippen LogP contribution in [0.2, 0.25) is 0 Å². The molecule has 0 unspecified atom stereocenters. The van der Waals surface area contributed by atoms with Gasteiger partial charge in [-0.1, -0.05) is 23.7 Å². The molecule has 25 heavy (non-hydrogen) atoms. The van der Waals surface area contributed by atoms with Crippen molar-refractivity contribution in [2.75, 3.05) is 7.11 Å². The summed E-state index contributed by atoms with van der Waals surface area (Å²) >= 11 is 0. The molecule has 0 atom stereocenters. The first-order chi connectivity index (χ1) is 12.3. The number of benzene rings is 1. The van der Waals surface area contributed by atoms with Crippen LogP contribution in [0.3, 0.4) is 0 Å². The van der Waals surface area contributed by atoms with Crippen molar-refractivity contribution in [1.82, 2.24) is 19.9 Å². The van der Waals surface area contributed by atoms with Crippen LogP contribution in [0.4, 0.5) is 0 Å². The number of nitrogens with zero attached hydrogens (tertiary/aromatic N) is 4. The summed E-state index contributed by atoms with van der Waals surface area (Å²) in [5, 5.41) is 8.93. The van der Waals surface area contributed by atoms with E-state index in [-0.39, 0.29) is 5.41 Å². The van der Waals surface area contributed by atoms with Gasteiger partial charge in [-0.3, -0.25) is 4.68 Å². The number of aryl methyl sites for hydroxylation is 2. The fourth-order valence-corrected chi connectivity index (χ4v) is 3.98. The van der Waals surface area contributed by atoms with E-state index in [0.717, 1.165) is 49.5 Å². The van der Waals surface area contributed by atoms with Gasteiger partial charge in [0.25, 0.3) is 5.89 Å². The maximum atomic E-state index is 5.58. The number of aromatic nitrogens is 4. The van der Waals surface area contributed by atoms with Gasteiger partial charge in [0.15, 0.2) is 11.5 Å². The van der Waals surface area contributed by atoms with Crippen LogP contribution >= 0.6 is 0 Å². The molecule has 2 aliphatic rings. The Hall–Kier alpha value is -2.63. The molecule has 2 aromatic heterocycles. The van der Waals surface area contributed by atoms with Crippen LogP contribution in [-0.2, 0) is 18.4 Å². The standard InChI is InChI=1S/C19H20N4O2/c1-24-15-7-2-5-13(11-15)19(8-4-9-19)18-20-17(25-22-18)16-12-14-6-3-10-23(14)21-16/h2,5,7,11-12H,3-4,6,8-10H2,1H3. The normalized spacial score (nSPS) is 18.0. The van der Waals surface area contributed by atoms with Crippen molar-refractivity contribution in [2.45, 2.75) is 44.1 Å². The molecule has 1 fully saturated rings. The largest absolute Gasteiger partial charge is 0.497 e. The average molecular weight is 336 g/mol. The van der Waals surface area contributed by atoms with E-state index >= 15 is 0 Å². The number of fused-ring (bicyclic) bond motifs is 1. The molecule has 3 aromatic rings. The summed E-state index contributed by atoms with van der Waals surface area (Å²) in [4.78, 5) is 4.72. The first kappa shape index (κ1) is 14.7. The van der Waals surface area contributed by atoms with Crippen molar-refractivity contribution in [3.8, 4) is 17.3 Å². The minimum Gasteiger partial charge on any atom is -0.497 e. The summed E-state index contributed by atoms with van der Waals surface area (Å²) in [6.07, 6.45) is 5.45. The predicted octanol–water partition coefficient (Wildman–Crippen LogP) is 3.36. The van der Waals surface area contributed by atoms with E-state index in [1.54, 1.807) is 7.11 Å². The highest BCUT2D eigenvalue weighted by Gasteiger charge is 2.44. The highest BCUT2D eigenvalue weighted by atomic mass is 16.5. The summed E-state index contributed by atoms with van der Waals surface area (Å²) in [5.74, 6) is 2.14. The molecule has 0 saturated heterocycles. The highest BCUT2D eigenvalue weighted by Crippen LogP contribution is 2.48. The minimum absolute atomic E-state index is 0.168. The molecule has 5 rings (SSSR count). The van der Waals surface area contributed by atoms with Gasteiger partial charge in [0.1, 0.15) is 5.75 Å². The maximum absolute atomic E-state index is 5.58. The van der Waals surface area contributed by atoms with E-state index in [9.17, 15) is 0 Å². The van der Waals surface area contributed by atoms with Crippen molar-refractivity contribution in [3.63, 3.8) is 0 Å². The topological polar surface area (TPSA) is 66.0 Å². The quantitative estimate of drug-likeness (QED) is 0.731. The fourth-order valence-electron chi connectivity index (χ4n) is 3.98. The lowest BCUT2D eigenvalue weighted by molar-refractivity contribution is 0.272. The molecule has 0 amide bonds. The van der Waals surface area contributed by atoms with E-state index in [1.807, 2.05) is 16.8 Å². The van der Waals surface area contributed by atoms with Gasteiger partial charge < -0.3 is 9.26 Å². The van der Waals surface area contributed by atoms with Gasteiger partial charge in [-0.15, -0.1) is 0 Å². The molecule has 6 heteroatoms. The molecule has 1 aromatic carbocycles. The predicted molar refractivity (Wildman–Crippen MR) is 91.5 cm³/mol. The van der Waals surface area contributed by atoms with Crippen molar-refractivity contribution >= 4 is 0 Å². The zero-order chi connectivity index (χ0) is 16.9. The second kappa shape index (κ2) is 5.44. The first-order valence-electron chi connectivity index (χ1n) is 8.84. The summed E-state index contributed by atoms with van der Waals surface area (Å²) in [5.41, 5.74) is 3.06. The van der Waals surface area contributed by atoms with Crippen LogP contribution in [0.5, 0.6) is 5.75 Å². The Labute approximate surface area is 145 Å². The van der Waals surface area contributed by atoms with E-state index in [2.05, 4.69) is 28.5 Å². The molecule has 1 aliphatic carbocycles. The Morgan fingerprint density at radius 3 is 2.88 bits per heavy atom. The fraction of sp³-hybridized carbons (Fsp3) is 0.421. The van der Waals surface area contributed by atoms with E-state index in [4.69, 9.17) is 14.2 Å². The molecule has 6 nitrogen and oxygen atoms in total. The number of methoxy groups -OCH3 is 1. The zero-order valence-corrected chi connectivity index (χ0v) is 14.2. The van der Waals surface area contributed by atoms with Crippen molar-refractivity contribution in [2.24, 2.45) is 0 Å². The van der Waals surface area contributed by atoms with E-state index in [1.165, 1.54) is 17.7 Å². The third-order valence-electron chi connectivity index (χ3n) is 5.57. The van der Waals surface area contributed by atoms with Gasteiger partial charge in [0.2, 0.25) is 0 Å². The first-order valence-corrected chi connectivity index (χ1v) is 8.84. The van der Waals surface area contributed by atoms with Crippen LogP contribution in [0.15, 0.2) is 34.9 Å². The number of hydrogen-bond acceptors (Lipinski definition) is 5. The smallest absolute Gasteiger partial charge is 0.278 e. The van der Waals surface area contributed by atoms with Crippen LogP contribution in [0.25, 0.3) is 11.6 Å². The molecule has 0 N–H and O–H groups in total. The van der Waals surface area contributed by atoms with Crippen LogP contribution in [-0.4, -0.2) is 27.0 Å². The van der Waals surface area contributed by atoms with Crippen LogP contribution in [0, 0.1) is 0 Å². The van der Waals surface area contributed by atoms with Gasteiger partial charge in [0.05, 0.1) is 12.5 Å². The van der Waals surface area contributed by atoms with Gasteiger partial charge >= 0.3 is 0 Å². The molecule has 0 spiro atoms. The summed E-state index contributed by atoms with van der Waals surface area (Å²) in [7, 11) is 1.69. The summed E-state index contributed by atoms with van der Waals surface area (Å²) < 4.78 is 13.0. The molecular weight excluding hydrogens is 316 g/mol. The lowest BCUT2D eigenvalue weighted by Crippen LogP contribution is -2.36. The van der Waals surface area contributed by atoms with Gasteiger partial charge in [0, 0.05) is 12.2 Å². The lowest BCUT2D eigenvalue weighted by atomic mass is 9.64. The molecule has 0 bridgehead atoms. The third kappa shape index (κ3) is 2.20. The maximum Gasteiger partial charge on any atom is 0.278 e. The molecule has 128 valence electrons. The Morgan fingerprint density at radius 1 is 1.20 bits per heavy atom. The Kier molecular flexibility index (Phi) is 3.20. The van der Waals surface area contributed by atoms with Crippen molar-refractivity contribution in [1.29, 1.82) is 0 Å². The van der Waals surface area contributed by atoms with Crippen molar-refractivity contribution in [3.05, 3.63) is 47.4 Å². The number of hydrogen-bond donors (Lipinski definition) is 0. The van der Waals surface area contributed by atoms with Crippen LogP contribution in [0.1, 0.15) is 42.8 Å². The molecule has 1 aliphatic heterocycles. The number of ether oxygens (including phenoxy) is 1. The number of rotatable bonds is 4. The minimum atomic E-state index is -0.168. The summed E-state index contributed by atoms with van der Waals surface area (Å²) in [6, 6.07) is 10.3. The third-order valence-corrected chi connectivity index (χ3v) is 5.57. The molecule has 3 heterocycles. The molecule has 1 saturated carbocycles. The Morgan fingerprint density at radius 2 is 2.12 bits per heavy atom. The Balaban J connectivity index is 1.52. The van der Waals surface area contributed by atoms with Gasteiger partial charge in [-0.05, 0) is 49.4 Å². The monoisotopic (exact) mass is 336 g/mol. The van der Waals surface area contributed by atoms with Crippen molar-refractivity contribution < 1.29 is 9.26 Å². The SMILES string of the molecule is COc1cccc(C2(c3noc(-c4cc5n(n4)CCC5)n3)CCC2)c1. The van der Waals surface area contributed by atoms with Gasteiger partial charge in [-0.2, -0.15) is 10.1 Å². The van der Waals surface area contributed by atoms with E-state index in [0.29, 0.717) is 5.89 Å². The molecule has 0 radical (unpaired) electrons. The van der Waals surface area contributed by atoms with E-state index < -0.39 is 0 Å². The lowest BCUT2D eigenvalue weighted by Gasteiger charge is -2.39.